The van der Waals surface area contributed by atoms with Crippen molar-refractivity contribution < 1.29 is 9.90 Å². The van der Waals surface area contributed by atoms with Crippen LogP contribution in [0.2, 0.25) is 0 Å². The minimum absolute atomic E-state index is 0.196. The zero-order valence-corrected chi connectivity index (χ0v) is 15.7. The van der Waals surface area contributed by atoms with Gasteiger partial charge in [-0.05, 0) is 54.1 Å². The molecule has 1 amide bonds. The topological polar surface area (TPSA) is 91.5 Å². The lowest BCUT2D eigenvalue weighted by molar-refractivity contribution is 0.0246. The predicted molar refractivity (Wildman–Crippen MR) is 111 cm³/mol. The number of pyridine rings is 1. The van der Waals surface area contributed by atoms with Crippen LogP contribution < -0.4 is 11.1 Å². The van der Waals surface area contributed by atoms with E-state index in [0.29, 0.717) is 17.9 Å². The van der Waals surface area contributed by atoms with Crippen LogP contribution in [0.15, 0.2) is 72.9 Å². The number of rotatable bonds is 7. The monoisotopic (exact) mass is 376 g/mol. The maximum atomic E-state index is 12.2. The molecule has 1 atom stereocenters. The molecule has 6 heteroatoms. The van der Waals surface area contributed by atoms with Crippen LogP contribution in [0, 0.1) is 0 Å². The summed E-state index contributed by atoms with van der Waals surface area (Å²) in [5.74, 6) is -0.239. The van der Waals surface area contributed by atoms with Crippen LogP contribution >= 0.6 is 0 Å². The Bertz CT molecular complexity index is 913. The number of carbonyl (C=O) groups is 1. The van der Waals surface area contributed by atoms with Crippen molar-refractivity contribution in [3.63, 3.8) is 0 Å². The van der Waals surface area contributed by atoms with Gasteiger partial charge in [0.1, 0.15) is 11.9 Å². The van der Waals surface area contributed by atoms with Crippen molar-refractivity contribution in [1.82, 2.24) is 9.88 Å². The van der Waals surface area contributed by atoms with E-state index in [1.54, 1.807) is 29.3 Å². The zero-order valence-electron chi connectivity index (χ0n) is 15.7. The number of amides is 1. The molecule has 0 bridgehead atoms. The molecule has 1 unspecified atom stereocenters. The summed E-state index contributed by atoms with van der Waals surface area (Å²) in [4.78, 5) is 18.0. The second-order valence-corrected chi connectivity index (χ2v) is 6.58. The summed E-state index contributed by atoms with van der Waals surface area (Å²) in [6, 6.07) is 21.0. The Morgan fingerprint density at radius 2 is 1.89 bits per heavy atom. The van der Waals surface area contributed by atoms with E-state index in [4.69, 9.17) is 5.73 Å². The zero-order chi connectivity index (χ0) is 19.9. The van der Waals surface area contributed by atoms with E-state index >= 15 is 0 Å². The van der Waals surface area contributed by atoms with Crippen molar-refractivity contribution in [2.24, 2.45) is 5.73 Å². The van der Waals surface area contributed by atoms with Crippen molar-refractivity contribution in [2.45, 2.75) is 12.8 Å². The van der Waals surface area contributed by atoms with Crippen LogP contribution in [0.5, 0.6) is 0 Å². The number of benzene rings is 2. The molecule has 0 aliphatic rings. The van der Waals surface area contributed by atoms with E-state index in [1.165, 1.54) is 0 Å². The maximum Gasteiger partial charge on any atom is 0.274 e. The van der Waals surface area contributed by atoms with Crippen LogP contribution in [-0.4, -0.2) is 40.7 Å². The number of aromatic nitrogens is 1. The van der Waals surface area contributed by atoms with E-state index in [2.05, 4.69) is 16.4 Å². The van der Waals surface area contributed by atoms with Crippen molar-refractivity contribution in [3.05, 3.63) is 84.2 Å². The summed E-state index contributed by atoms with van der Waals surface area (Å²) in [7, 11) is 1.84. The fourth-order valence-corrected chi connectivity index (χ4v) is 2.86. The molecule has 0 radical (unpaired) electrons. The van der Waals surface area contributed by atoms with Gasteiger partial charge in [0.05, 0.1) is 0 Å². The lowest BCUT2D eigenvalue weighted by atomic mass is 10.0. The molecule has 0 fully saturated rings. The molecule has 3 aromatic rings. The number of nitrogens with one attached hydrogen (secondary N) is 1. The number of hydrogen-bond acceptors (Lipinski definition) is 5. The Morgan fingerprint density at radius 1 is 1.11 bits per heavy atom. The molecule has 4 N–H and O–H groups in total. The second kappa shape index (κ2) is 9.23. The summed E-state index contributed by atoms with van der Waals surface area (Å²) in [6.07, 6.45) is 0.931. The first-order valence-electron chi connectivity index (χ1n) is 9.07. The molecule has 2 aromatic carbocycles. The van der Waals surface area contributed by atoms with Crippen molar-refractivity contribution in [1.29, 1.82) is 0 Å². The van der Waals surface area contributed by atoms with Gasteiger partial charge in [0.15, 0.2) is 0 Å². The quantitative estimate of drug-likeness (QED) is 0.552. The highest BCUT2D eigenvalue weighted by Gasteiger charge is 2.10. The number of carbonyl (C=O) groups excluding carboxylic acids is 1. The Kier molecular flexibility index (Phi) is 6.49. The van der Waals surface area contributed by atoms with E-state index in [-0.39, 0.29) is 12.5 Å². The van der Waals surface area contributed by atoms with Gasteiger partial charge in [-0.2, -0.15) is 0 Å². The first kappa shape index (κ1) is 19.7. The van der Waals surface area contributed by atoms with Gasteiger partial charge in [-0.15, -0.1) is 0 Å². The molecule has 0 spiro atoms. The number of nitrogens with two attached hydrogens (primary N) is 1. The summed E-state index contributed by atoms with van der Waals surface area (Å²) < 4.78 is 0. The standard InChI is InChI=1S/C22H24N4O2/c1-26(21(27)14-23)15-16-5-4-6-18(13-16)17-8-10-19(11-9-17)25-22(28)20-7-2-3-12-24-20/h2-13,21,27H,14-15,23H2,1H3,(H,25,28). The van der Waals surface area contributed by atoms with Gasteiger partial charge in [-0.25, -0.2) is 0 Å². The van der Waals surface area contributed by atoms with Gasteiger partial charge in [-0.3, -0.25) is 14.7 Å². The fourth-order valence-electron chi connectivity index (χ4n) is 2.86. The summed E-state index contributed by atoms with van der Waals surface area (Å²) in [6.45, 7) is 0.798. The van der Waals surface area contributed by atoms with Crippen LogP contribution in [0.4, 0.5) is 5.69 Å². The van der Waals surface area contributed by atoms with Crippen LogP contribution in [0.1, 0.15) is 16.1 Å². The average molecular weight is 376 g/mol. The SMILES string of the molecule is CN(Cc1cccc(-c2ccc(NC(=O)c3ccccn3)cc2)c1)C(O)CN. The van der Waals surface area contributed by atoms with E-state index in [9.17, 15) is 9.90 Å². The van der Waals surface area contributed by atoms with Crippen LogP contribution in [0.25, 0.3) is 11.1 Å². The van der Waals surface area contributed by atoms with Gasteiger partial charge in [0.25, 0.3) is 5.91 Å². The predicted octanol–water partition coefficient (Wildman–Crippen LogP) is 2.71. The highest BCUT2D eigenvalue weighted by molar-refractivity contribution is 6.02. The molecule has 3 rings (SSSR count). The number of aliphatic hydroxyl groups is 1. The number of aliphatic hydroxyl groups excluding tert-OH is 1. The van der Waals surface area contributed by atoms with Gasteiger partial charge >= 0.3 is 0 Å². The third-order valence-corrected chi connectivity index (χ3v) is 4.45. The molecular weight excluding hydrogens is 352 g/mol. The number of anilines is 1. The molecule has 0 saturated heterocycles. The van der Waals surface area contributed by atoms with E-state index < -0.39 is 6.23 Å². The highest BCUT2D eigenvalue weighted by atomic mass is 16.3. The van der Waals surface area contributed by atoms with Gasteiger partial charge in [0, 0.05) is 25.0 Å². The normalized spacial score (nSPS) is 12.0. The molecule has 144 valence electrons. The third kappa shape index (κ3) is 5.01. The van der Waals surface area contributed by atoms with Crippen LogP contribution in [-0.2, 0) is 6.54 Å². The maximum absolute atomic E-state index is 12.2. The van der Waals surface area contributed by atoms with Crippen molar-refractivity contribution in [2.75, 3.05) is 18.9 Å². The van der Waals surface area contributed by atoms with E-state index in [0.717, 1.165) is 16.7 Å². The Balaban J connectivity index is 1.69. The minimum Gasteiger partial charge on any atom is -0.377 e. The van der Waals surface area contributed by atoms with Gasteiger partial charge < -0.3 is 16.2 Å². The molecular formula is C22H24N4O2. The molecule has 28 heavy (non-hydrogen) atoms. The van der Waals surface area contributed by atoms with E-state index in [1.807, 2.05) is 49.5 Å². The van der Waals surface area contributed by atoms with Gasteiger partial charge in [0.2, 0.25) is 0 Å². The largest absolute Gasteiger partial charge is 0.377 e. The Labute approximate surface area is 164 Å². The molecule has 6 nitrogen and oxygen atoms in total. The molecule has 1 aromatic heterocycles. The average Bonchev–Trinajstić information content (AvgIpc) is 2.74. The fraction of sp³-hybridized carbons (Fsp3) is 0.182. The van der Waals surface area contributed by atoms with Gasteiger partial charge in [-0.1, -0.05) is 36.4 Å². The Hall–Kier alpha value is -3.06. The summed E-state index contributed by atoms with van der Waals surface area (Å²) in [5.41, 5.74) is 9.79. The highest BCUT2D eigenvalue weighted by Crippen LogP contribution is 2.23. The number of hydrogen-bond donors (Lipinski definition) is 3. The third-order valence-electron chi connectivity index (χ3n) is 4.45. The molecule has 0 aliphatic carbocycles. The molecule has 1 heterocycles. The lowest BCUT2D eigenvalue weighted by Crippen LogP contribution is -2.37. The smallest absolute Gasteiger partial charge is 0.274 e. The lowest BCUT2D eigenvalue weighted by Gasteiger charge is -2.22. The van der Waals surface area contributed by atoms with Crippen molar-refractivity contribution in [3.8, 4) is 11.1 Å². The second-order valence-electron chi connectivity index (χ2n) is 6.58. The first-order valence-corrected chi connectivity index (χ1v) is 9.07. The number of nitrogens with zero attached hydrogens (tertiary/aromatic N) is 2. The van der Waals surface area contributed by atoms with Crippen molar-refractivity contribution >= 4 is 11.6 Å². The van der Waals surface area contributed by atoms with Crippen LogP contribution in [0.3, 0.4) is 0 Å². The molecule has 0 aliphatic heterocycles. The number of likely N-dealkylation sites (N-methyl/N-ethyl adjacent to an activating group) is 1. The molecule has 0 saturated carbocycles. The summed E-state index contributed by atoms with van der Waals surface area (Å²) >= 11 is 0. The minimum atomic E-state index is -0.661. The first-order chi connectivity index (χ1) is 13.6. The summed E-state index contributed by atoms with van der Waals surface area (Å²) in [5, 5.41) is 12.7. The Morgan fingerprint density at radius 3 is 2.57 bits per heavy atom.